The van der Waals surface area contributed by atoms with E-state index in [0.29, 0.717) is 6.42 Å². The van der Waals surface area contributed by atoms with Crippen LogP contribution in [0.4, 0.5) is 4.39 Å². The smallest absolute Gasteiger partial charge is 0.308 e. The largest absolute Gasteiger partial charge is 0.466 e. The molecule has 0 spiro atoms. The molecule has 0 aromatic rings. The van der Waals surface area contributed by atoms with Gasteiger partial charge in [0.25, 0.3) is 0 Å². The Balaban J connectivity index is 3.42. The Kier molecular flexibility index (Phi) is 18.2. The predicted octanol–water partition coefficient (Wildman–Crippen LogP) is 6.64. The number of aliphatic hydroxyl groups is 1. The fourth-order valence-corrected chi connectivity index (χ4v) is 3.01. The number of unbranched alkanes of at least 4 members (excludes halogenated alkanes) is 13. The predicted molar refractivity (Wildman–Crippen MR) is 107 cm³/mol. The van der Waals surface area contributed by atoms with Crippen molar-refractivity contribution in [3.63, 3.8) is 0 Å². The van der Waals surface area contributed by atoms with Gasteiger partial charge in [0, 0.05) is 0 Å². The van der Waals surface area contributed by atoms with Crippen LogP contribution in [0, 0.1) is 0 Å². The van der Waals surface area contributed by atoms with Gasteiger partial charge in [0.1, 0.15) is 11.9 Å². The van der Waals surface area contributed by atoms with Gasteiger partial charge in [-0.2, -0.15) is 0 Å². The molecule has 0 saturated carbocycles. The third-order valence-corrected chi connectivity index (χ3v) is 4.63. The van der Waals surface area contributed by atoms with Crippen LogP contribution in [-0.4, -0.2) is 23.8 Å². The van der Waals surface area contributed by atoms with E-state index in [0.717, 1.165) is 12.8 Å². The van der Waals surface area contributed by atoms with Gasteiger partial charge in [0.15, 0.2) is 0 Å². The van der Waals surface area contributed by atoms with Crippen LogP contribution in [0.5, 0.6) is 0 Å². The number of aliphatic hydroxyl groups excluding tert-OH is 1. The monoisotopic (exact) mass is 372 g/mol. The highest BCUT2D eigenvalue weighted by Crippen LogP contribution is 2.15. The summed E-state index contributed by atoms with van der Waals surface area (Å²) in [5, 5.41) is 9.57. The Morgan fingerprint density at radius 3 is 1.81 bits per heavy atom. The Morgan fingerprint density at radius 1 is 0.885 bits per heavy atom. The molecule has 0 aromatic heterocycles. The second-order valence-electron chi connectivity index (χ2n) is 7.15. The minimum Gasteiger partial charge on any atom is -0.466 e. The van der Waals surface area contributed by atoms with Crippen molar-refractivity contribution < 1.29 is 19.0 Å². The van der Waals surface area contributed by atoms with Crippen LogP contribution in [0.15, 0.2) is 11.9 Å². The lowest BCUT2D eigenvalue weighted by atomic mass is 10.0. The Bertz CT molecular complexity index is 355. The highest BCUT2D eigenvalue weighted by Gasteiger charge is 2.15. The second-order valence-corrected chi connectivity index (χ2v) is 7.15. The van der Waals surface area contributed by atoms with Crippen molar-refractivity contribution in [1.82, 2.24) is 0 Å². The zero-order valence-corrected chi connectivity index (χ0v) is 17.1. The van der Waals surface area contributed by atoms with E-state index in [1.807, 2.05) is 0 Å². The van der Waals surface area contributed by atoms with Gasteiger partial charge in [-0.1, -0.05) is 90.0 Å². The van der Waals surface area contributed by atoms with Crippen molar-refractivity contribution >= 4 is 5.97 Å². The van der Waals surface area contributed by atoms with Crippen LogP contribution in [0.25, 0.3) is 0 Å². The third-order valence-electron chi connectivity index (χ3n) is 4.63. The van der Waals surface area contributed by atoms with E-state index in [1.165, 1.54) is 76.7 Å². The molecule has 0 aliphatic rings. The molecule has 1 unspecified atom stereocenters. The van der Waals surface area contributed by atoms with Gasteiger partial charge in [0.05, 0.1) is 13.0 Å². The summed E-state index contributed by atoms with van der Waals surface area (Å²) in [5.74, 6) is -1.18. The second kappa shape index (κ2) is 18.9. The molecule has 1 N–H and O–H groups in total. The number of carbonyl (C=O) groups is 1. The van der Waals surface area contributed by atoms with Crippen molar-refractivity contribution in [2.24, 2.45) is 0 Å². The molecule has 154 valence electrons. The van der Waals surface area contributed by atoms with Crippen molar-refractivity contribution in [1.29, 1.82) is 0 Å². The summed E-state index contributed by atoms with van der Waals surface area (Å²) in [7, 11) is 0. The summed E-state index contributed by atoms with van der Waals surface area (Å²) in [6.45, 7) is 4.18. The number of halogens is 1. The van der Waals surface area contributed by atoms with Gasteiger partial charge >= 0.3 is 5.97 Å². The molecule has 0 heterocycles. The molecule has 0 saturated heterocycles. The number of esters is 1. The Morgan fingerprint density at radius 2 is 1.35 bits per heavy atom. The highest BCUT2D eigenvalue weighted by atomic mass is 19.1. The summed E-state index contributed by atoms with van der Waals surface area (Å²) in [6.07, 6.45) is 17.1. The maximum atomic E-state index is 13.6. The Labute approximate surface area is 160 Å². The van der Waals surface area contributed by atoms with Crippen molar-refractivity contribution in [3.8, 4) is 0 Å². The summed E-state index contributed by atoms with van der Waals surface area (Å²) in [4.78, 5) is 11.2. The minimum absolute atomic E-state index is 0.246. The maximum Gasteiger partial charge on any atom is 0.308 e. The van der Waals surface area contributed by atoms with E-state index in [4.69, 9.17) is 4.74 Å². The van der Waals surface area contributed by atoms with E-state index in [1.54, 1.807) is 6.92 Å². The zero-order chi connectivity index (χ0) is 19.5. The molecule has 0 aliphatic heterocycles. The van der Waals surface area contributed by atoms with E-state index in [9.17, 15) is 14.3 Å². The van der Waals surface area contributed by atoms with Crippen molar-refractivity contribution in [2.75, 3.05) is 6.61 Å². The molecule has 0 rings (SSSR count). The van der Waals surface area contributed by atoms with Crippen molar-refractivity contribution in [2.45, 2.75) is 116 Å². The van der Waals surface area contributed by atoms with Crippen molar-refractivity contribution in [3.05, 3.63) is 11.9 Å². The highest BCUT2D eigenvalue weighted by molar-refractivity contribution is 5.70. The van der Waals surface area contributed by atoms with Gasteiger partial charge in [-0.3, -0.25) is 4.79 Å². The van der Waals surface area contributed by atoms with E-state index in [2.05, 4.69) is 6.92 Å². The number of carbonyl (C=O) groups excluding carboxylic acids is 1. The van der Waals surface area contributed by atoms with E-state index < -0.39 is 17.9 Å². The van der Waals surface area contributed by atoms with Gasteiger partial charge in [-0.25, -0.2) is 4.39 Å². The lowest BCUT2D eigenvalue weighted by molar-refractivity contribution is -0.145. The number of rotatable bonds is 18. The average Bonchev–Trinajstić information content (AvgIpc) is 2.61. The van der Waals surface area contributed by atoms with Crippen LogP contribution < -0.4 is 0 Å². The van der Waals surface area contributed by atoms with Crippen LogP contribution in [-0.2, 0) is 9.53 Å². The molecule has 0 bridgehead atoms. The maximum absolute atomic E-state index is 13.6. The SMILES string of the molecule is CCCCCCCCCCCCCCC/C=C(/F)C(O)CC(=O)OCC. The molecule has 3 nitrogen and oxygen atoms in total. The molecule has 0 aromatic carbocycles. The minimum atomic E-state index is -1.36. The van der Waals surface area contributed by atoms with Crippen LogP contribution in [0.3, 0.4) is 0 Å². The molecule has 1 atom stereocenters. The van der Waals surface area contributed by atoms with Crippen LogP contribution in [0.2, 0.25) is 0 Å². The normalized spacial score (nSPS) is 13.0. The molecule has 0 radical (unpaired) electrons. The topological polar surface area (TPSA) is 46.5 Å². The van der Waals surface area contributed by atoms with Crippen LogP contribution >= 0.6 is 0 Å². The van der Waals surface area contributed by atoms with E-state index in [-0.39, 0.29) is 13.0 Å². The molecule has 0 amide bonds. The average molecular weight is 373 g/mol. The van der Waals surface area contributed by atoms with Gasteiger partial charge in [-0.05, 0) is 19.8 Å². The molecule has 0 aliphatic carbocycles. The first-order chi connectivity index (χ1) is 12.6. The summed E-state index contributed by atoms with van der Waals surface area (Å²) in [5.41, 5.74) is 0. The number of hydrogen-bond donors (Lipinski definition) is 1. The summed E-state index contributed by atoms with van der Waals surface area (Å²) in [6, 6.07) is 0. The standard InChI is InChI=1S/C22H41FO3/c1-3-5-6-7-8-9-10-11-12-13-14-15-16-17-18-20(23)21(24)19-22(25)26-4-2/h18,21,24H,3-17,19H2,1-2H3/b20-18+. The lowest BCUT2D eigenvalue weighted by Gasteiger charge is -2.07. The number of ether oxygens (including phenoxy) is 1. The summed E-state index contributed by atoms with van der Waals surface area (Å²) < 4.78 is 18.3. The third kappa shape index (κ3) is 16.6. The van der Waals surface area contributed by atoms with Gasteiger partial charge < -0.3 is 9.84 Å². The number of allylic oxidation sites excluding steroid dienone is 1. The molecular weight excluding hydrogens is 331 g/mol. The van der Waals surface area contributed by atoms with E-state index >= 15 is 0 Å². The fraction of sp³-hybridized carbons (Fsp3) is 0.864. The molecule has 4 heteroatoms. The summed E-state index contributed by atoms with van der Waals surface area (Å²) >= 11 is 0. The lowest BCUT2D eigenvalue weighted by Crippen LogP contribution is -2.16. The number of hydrogen-bond acceptors (Lipinski definition) is 3. The molecular formula is C22H41FO3. The first-order valence-corrected chi connectivity index (χ1v) is 10.8. The first-order valence-electron chi connectivity index (χ1n) is 10.8. The van der Waals surface area contributed by atoms with Gasteiger partial charge in [0.2, 0.25) is 0 Å². The fourth-order valence-electron chi connectivity index (χ4n) is 3.01. The quantitative estimate of drug-likeness (QED) is 0.217. The molecule has 26 heavy (non-hydrogen) atoms. The van der Waals surface area contributed by atoms with Gasteiger partial charge in [-0.15, -0.1) is 0 Å². The zero-order valence-electron chi connectivity index (χ0n) is 17.1. The first kappa shape index (κ1) is 25.1. The van der Waals surface area contributed by atoms with Crippen LogP contribution in [0.1, 0.15) is 110 Å². The molecule has 0 fully saturated rings. The Hall–Kier alpha value is -0.900.